The van der Waals surface area contributed by atoms with Crippen molar-refractivity contribution in [3.63, 3.8) is 0 Å². The van der Waals surface area contributed by atoms with E-state index in [4.69, 9.17) is 4.74 Å². The van der Waals surface area contributed by atoms with Gasteiger partial charge in [-0.1, -0.05) is 36.4 Å². The van der Waals surface area contributed by atoms with Gasteiger partial charge < -0.3 is 9.64 Å². The van der Waals surface area contributed by atoms with Crippen LogP contribution in [0.25, 0.3) is 16.8 Å². The molecule has 0 bridgehead atoms. The average molecular weight is 466 g/mol. The van der Waals surface area contributed by atoms with E-state index in [1.165, 1.54) is 6.07 Å². The summed E-state index contributed by atoms with van der Waals surface area (Å²) >= 11 is 0. The summed E-state index contributed by atoms with van der Waals surface area (Å²) in [6.45, 7) is 0.704. The lowest BCUT2D eigenvalue weighted by Gasteiger charge is -2.25. The van der Waals surface area contributed by atoms with E-state index in [2.05, 4.69) is 10.1 Å². The molecule has 9 heteroatoms. The highest BCUT2D eigenvalue weighted by Gasteiger charge is 2.34. The number of fused-ring (bicyclic) bond motifs is 1. The Balaban J connectivity index is 1.39. The molecule has 0 spiro atoms. The molecular weight excluding hydrogens is 445 g/mol. The predicted octanol–water partition coefficient (Wildman–Crippen LogP) is 5.10. The fourth-order valence-electron chi connectivity index (χ4n) is 4.24. The van der Waals surface area contributed by atoms with Gasteiger partial charge in [-0.25, -0.2) is 9.50 Å². The Labute approximate surface area is 193 Å². The molecule has 0 radical (unpaired) electrons. The fourth-order valence-corrected chi connectivity index (χ4v) is 4.24. The van der Waals surface area contributed by atoms with Crippen molar-refractivity contribution in [3.05, 3.63) is 84.2 Å². The first-order valence-electron chi connectivity index (χ1n) is 10.9. The van der Waals surface area contributed by atoms with Crippen LogP contribution in [0.15, 0.2) is 73.1 Å². The quantitative estimate of drug-likeness (QED) is 0.411. The van der Waals surface area contributed by atoms with E-state index in [1.54, 1.807) is 15.6 Å². The number of aromatic nitrogens is 3. The zero-order valence-corrected chi connectivity index (χ0v) is 18.1. The number of amides is 1. The van der Waals surface area contributed by atoms with Gasteiger partial charge in [-0.15, -0.1) is 0 Å². The van der Waals surface area contributed by atoms with Crippen molar-refractivity contribution in [3.8, 4) is 17.1 Å². The van der Waals surface area contributed by atoms with Gasteiger partial charge >= 0.3 is 6.18 Å². The number of nitrogens with zero attached hydrogens (tertiary/aromatic N) is 4. The summed E-state index contributed by atoms with van der Waals surface area (Å²) in [5.41, 5.74) is 1.84. The van der Waals surface area contributed by atoms with Crippen LogP contribution in [0.3, 0.4) is 0 Å². The molecule has 1 aromatic carbocycles. The number of hydrogen-bond acceptors (Lipinski definition) is 4. The summed E-state index contributed by atoms with van der Waals surface area (Å²) in [6.07, 6.45) is -0.366. The predicted molar refractivity (Wildman–Crippen MR) is 119 cm³/mol. The van der Waals surface area contributed by atoms with Crippen molar-refractivity contribution in [1.82, 2.24) is 19.5 Å². The van der Waals surface area contributed by atoms with Crippen molar-refractivity contribution in [2.75, 3.05) is 13.2 Å². The maximum absolute atomic E-state index is 13.8. The minimum atomic E-state index is -4.45. The molecule has 1 amide bonds. The molecule has 4 heterocycles. The van der Waals surface area contributed by atoms with Crippen molar-refractivity contribution in [2.45, 2.75) is 25.1 Å². The third-order valence-corrected chi connectivity index (χ3v) is 5.93. The zero-order valence-electron chi connectivity index (χ0n) is 18.1. The van der Waals surface area contributed by atoms with Crippen LogP contribution in [0.2, 0.25) is 0 Å². The molecule has 0 aliphatic carbocycles. The minimum Gasteiger partial charge on any atom is -0.475 e. The number of likely N-dealkylation sites (tertiary alicyclic amines) is 1. The molecule has 0 N–H and O–H groups in total. The topological polar surface area (TPSA) is 59.7 Å². The van der Waals surface area contributed by atoms with Crippen LogP contribution in [0.5, 0.6) is 5.88 Å². The SMILES string of the molecule is O=C(c1c(-c2ccccc2)nn2ccccc12)N1CCCC1COc1ccc(C(F)(F)F)cn1. The number of alkyl halides is 3. The lowest BCUT2D eigenvalue weighted by Crippen LogP contribution is -2.39. The molecule has 4 aromatic rings. The van der Waals surface area contributed by atoms with Crippen LogP contribution in [-0.4, -0.2) is 44.6 Å². The van der Waals surface area contributed by atoms with Gasteiger partial charge in [0, 0.05) is 30.6 Å². The Bertz CT molecular complexity index is 1300. The van der Waals surface area contributed by atoms with Crippen LogP contribution < -0.4 is 4.74 Å². The van der Waals surface area contributed by atoms with Gasteiger partial charge in [0.2, 0.25) is 5.88 Å². The van der Waals surface area contributed by atoms with E-state index < -0.39 is 11.7 Å². The van der Waals surface area contributed by atoms with Crippen LogP contribution in [0.1, 0.15) is 28.8 Å². The molecule has 1 fully saturated rings. The average Bonchev–Trinajstić information content (AvgIpc) is 3.47. The highest BCUT2D eigenvalue weighted by atomic mass is 19.4. The van der Waals surface area contributed by atoms with E-state index in [9.17, 15) is 18.0 Å². The molecule has 6 nitrogen and oxygen atoms in total. The standard InChI is InChI=1S/C25H21F3N4O2/c26-25(27,28)18-11-12-21(29-15-18)34-16-19-9-6-13-31(19)24(33)22-20-10-4-5-14-32(20)30-23(22)17-7-2-1-3-8-17/h1-5,7-8,10-12,14-15,19H,6,9,13,16H2. The maximum atomic E-state index is 13.8. The number of pyridine rings is 2. The molecular formula is C25H21F3N4O2. The van der Waals surface area contributed by atoms with Crippen molar-refractivity contribution >= 4 is 11.4 Å². The molecule has 1 aliphatic heterocycles. The van der Waals surface area contributed by atoms with Crippen molar-refractivity contribution in [2.24, 2.45) is 0 Å². The Morgan fingerprint density at radius 3 is 2.59 bits per heavy atom. The van der Waals surface area contributed by atoms with Gasteiger partial charge in [0.1, 0.15) is 12.3 Å². The normalized spacial score (nSPS) is 16.2. The first kappa shape index (κ1) is 21.9. The third-order valence-electron chi connectivity index (χ3n) is 5.93. The van der Waals surface area contributed by atoms with E-state index in [1.807, 2.05) is 48.5 Å². The van der Waals surface area contributed by atoms with Crippen LogP contribution in [0, 0.1) is 0 Å². The van der Waals surface area contributed by atoms with E-state index in [0.717, 1.165) is 30.7 Å². The van der Waals surface area contributed by atoms with Gasteiger partial charge in [0.15, 0.2) is 0 Å². The van der Waals surface area contributed by atoms with Crippen molar-refractivity contribution < 1.29 is 22.7 Å². The summed E-state index contributed by atoms with van der Waals surface area (Å²) in [5, 5.41) is 4.66. The Morgan fingerprint density at radius 1 is 1.06 bits per heavy atom. The number of halogens is 3. The summed E-state index contributed by atoms with van der Waals surface area (Å²) in [4.78, 5) is 19.3. The van der Waals surface area contributed by atoms with Gasteiger partial charge in [-0.3, -0.25) is 4.79 Å². The molecule has 1 saturated heterocycles. The van der Waals surface area contributed by atoms with Gasteiger partial charge in [-0.2, -0.15) is 18.3 Å². The van der Waals surface area contributed by atoms with Crippen LogP contribution in [-0.2, 0) is 6.18 Å². The zero-order chi connectivity index (χ0) is 23.7. The molecule has 0 saturated carbocycles. The maximum Gasteiger partial charge on any atom is 0.417 e. The smallest absolute Gasteiger partial charge is 0.417 e. The van der Waals surface area contributed by atoms with Gasteiger partial charge in [-0.05, 0) is 31.0 Å². The Morgan fingerprint density at radius 2 is 1.85 bits per heavy atom. The van der Waals surface area contributed by atoms with Gasteiger partial charge in [0.25, 0.3) is 5.91 Å². The highest BCUT2D eigenvalue weighted by molar-refractivity contribution is 6.06. The Kier molecular flexibility index (Phi) is 5.69. The number of carbonyl (C=O) groups excluding carboxylic acids is 1. The van der Waals surface area contributed by atoms with Crippen LogP contribution in [0.4, 0.5) is 13.2 Å². The third kappa shape index (κ3) is 4.21. The summed E-state index contributed by atoms with van der Waals surface area (Å²) in [6, 6.07) is 17.0. The van der Waals surface area contributed by atoms with Crippen molar-refractivity contribution in [1.29, 1.82) is 0 Å². The van der Waals surface area contributed by atoms with E-state index in [-0.39, 0.29) is 24.4 Å². The molecule has 34 heavy (non-hydrogen) atoms. The second-order valence-corrected chi connectivity index (χ2v) is 8.11. The first-order chi connectivity index (χ1) is 16.4. The largest absolute Gasteiger partial charge is 0.475 e. The molecule has 1 atom stereocenters. The van der Waals surface area contributed by atoms with E-state index >= 15 is 0 Å². The fraction of sp³-hybridized carbons (Fsp3) is 0.240. The molecule has 174 valence electrons. The van der Waals surface area contributed by atoms with E-state index in [0.29, 0.717) is 23.3 Å². The molecule has 3 aromatic heterocycles. The number of benzene rings is 1. The number of hydrogen-bond donors (Lipinski definition) is 0. The second kappa shape index (κ2) is 8.81. The summed E-state index contributed by atoms with van der Waals surface area (Å²) in [7, 11) is 0. The molecule has 1 unspecified atom stereocenters. The minimum absolute atomic E-state index is 0.0910. The van der Waals surface area contributed by atoms with Gasteiger partial charge in [0.05, 0.1) is 22.7 Å². The Hall–Kier alpha value is -3.88. The van der Waals surface area contributed by atoms with Crippen LogP contribution >= 0.6 is 0 Å². The number of ether oxygens (including phenoxy) is 1. The lowest BCUT2D eigenvalue weighted by molar-refractivity contribution is -0.137. The first-order valence-corrected chi connectivity index (χ1v) is 10.9. The summed E-state index contributed by atoms with van der Waals surface area (Å²) in [5.74, 6) is -0.0558. The number of carbonyl (C=O) groups is 1. The second-order valence-electron chi connectivity index (χ2n) is 8.11. The molecule has 5 rings (SSSR count). The highest BCUT2D eigenvalue weighted by Crippen LogP contribution is 2.31. The lowest BCUT2D eigenvalue weighted by atomic mass is 10.1. The monoisotopic (exact) mass is 466 g/mol. The number of rotatable bonds is 5. The summed E-state index contributed by atoms with van der Waals surface area (Å²) < 4.78 is 45.6. The molecule has 1 aliphatic rings.